The lowest BCUT2D eigenvalue weighted by Gasteiger charge is -2.25. The molecule has 0 spiro atoms. The molecule has 0 aliphatic carbocycles. The van der Waals surface area contributed by atoms with Crippen molar-refractivity contribution < 1.29 is 13.6 Å². The van der Waals surface area contributed by atoms with Crippen molar-refractivity contribution in [3.63, 3.8) is 0 Å². The topological polar surface area (TPSA) is 38.1 Å². The molecule has 1 aliphatic rings. The van der Waals surface area contributed by atoms with E-state index < -0.39 is 6.55 Å². The quantitative estimate of drug-likeness (QED) is 0.800. The maximum atomic E-state index is 13.0. The van der Waals surface area contributed by atoms with Gasteiger partial charge in [0.1, 0.15) is 0 Å². The van der Waals surface area contributed by atoms with Crippen LogP contribution in [0.4, 0.5) is 8.78 Å². The summed E-state index contributed by atoms with van der Waals surface area (Å²) < 4.78 is 26.6. The molecule has 2 heterocycles. The van der Waals surface area contributed by atoms with Gasteiger partial charge in [-0.05, 0) is 44.4 Å². The lowest BCUT2D eigenvalue weighted by atomic mass is 10.0. The van der Waals surface area contributed by atoms with Gasteiger partial charge in [-0.3, -0.25) is 4.79 Å². The Morgan fingerprint density at radius 2 is 2.16 bits per heavy atom. The van der Waals surface area contributed by atoms with E-state index in [4.69, 9.17) is 11.6 Å². The molecule has 4 nitrogen and oxygen atoms in total. The van der Waals surface area contributed by atoms with Crippen molar-refractivity contribution in [1.29, 1.82) is 0 Å². The number of benzene rings is 1. The van der Waals surface area contributed by atoms with E-state index in [9.17, 15) is 13.6 Å². The van der Waals surface area contributed by atoms with Crippen LogP contribution in [0.25, 0.3) is 0 Å². The maximum absolute atomic E-state index is 13.0. The average Bonchev–Trinajstić information content (AvgIpc) is 3.15. The molecule has 25 heavy (non-hydrogen) atoms. The van der Waals surface area contributed by atoms with E-state index in [2.05, 4.69) is 5.10 Å². The number of likely N-dealkylation sites (tertiary alicyclic amines) is 1. The molecule has 1 unspecified atom stereocenters. The third-order valence-corrected chi connectivity index (χ3v) is 5.03. The predicted octanol–water partition coefficient (Wildman–Crippen LogP) is 4.45. The molecule has 1 aromatic heterocycles. The Hall–Kier alpha value is -1.95. The minimum Gasteiger partial charge on any atom is -0.335 e. The van der Waals surface area contributed by atoms with Crippen molar-refractivity contribution in [2.75, 3.05) is 6.54 Å². The molecule has 1 aliphatic heterocycles. The Morgan fingerprint density at radius 3 is 2.80 bits per heavy atom. The number of carbonyl (C=O) groups is 1. The van der Waals surface area contributed by atoms with Crippen LogP contribution in [0, 0.1) is 13.8 Å². The zero-order valence-corrected chi connectivity index (χ0v) is 14.9. The van der Waals surface area contributed by atoms with Crippen LogP contribution in [0.15, 0.2) is 24.3 Å². The zero-order valence-electron chi connectivity index (χ0n) is 14.2. The van der Waals surface area contributed by atoms with Crippen molar-refractivity contribution in [3.05, 3.63) is 51.8 Å². The Labute approximate surface area is 150 Å². The first-order chi connectivity index (χ1) is 11.9. The van der Waals surface area contributed by atoms with E-state index in [0.29, 0.717) is 33.2 Å². The van der Waals surface area contributed by atoms with Crippen LogP contribution in [-0.2, 0) is 11.2 Å². The van der Waals surface area contributed by atoms with E-state index in [1.807, 2.05) is 23.1 Å². The van der Waals surface area contributed by atoms with Crippen LogP contribution in [0.2, 0.25) is 5.02 Å². The monoisotopic (exact) mass is 367 g/mol. The summed E-state index contributed by atoms with van der Waals surface area (Å²) in [7, 11) is 0. The van der Waals surface area contributed by atoms with Gasteiger partial charge in [0.15, 0.2) is 0 Å². The van der Waals surface area contributed by atoms with Crippen LogP contribution in [0.5, 0.6) is 0 Å². The van der Waals surface area contributed by atoms with Crippen molar-refractivity contribution in [2.24, 2.45) is 0 Å². The number of amides is 1. The standard InChI is InChI=1S/C18H20ClF2N3O/c1-11-15(12(2)24(22-11)18(20)21)10-17(25)23-8-4-7-16(23)13-5-3-6-14(19)9-13/h3,5-6,9,16,18H,4,7-8,10H2,1-2H3. The zero-order chi connectivity index (χ0) is 18.1. The Kier molecular flexibility index (Phi) is 5.08. The predicted molar refractivity (Wildman–Crippen MR) is 91.8 cm³/mol. The molecule has 0 bridgehead atoms. The highest BCUT2D eigenvalue weighted by molar-refractivity contribution is 6.30. The minimum atomic E-state index is -2.70. The summed E-state index contributed by atoms with van der Waals surface area (Å²) in [5.41, 5.74) is 2.42. The summed E-state index contributed by atoms with van der Waals surface area (Å²) in [6, 6.07) is 7.50. The molecule has 7 heteroatoms. The number of hydrogen-bond acceptors (Lipinski definition) is 2. The number of alkyl halides is 2. The number of carbonyl (C=O) groups excluding carboxylic acids is 1. The van der Waals surface area contributed by atoms with Crippen LogP contribution in [0.1, 0.15) is 47.9 Å². The first-order valence-corrected chi connectivity index (χ1v) is 8.64. The summed E-state index contributed by atoms with van der Waals surface area (Å²) in [6.07, 6.45) is 1.87. The van der Waals surface area contributed by atoms with E-state index in [1.54, 1.807) is 19.9 Å². The maximum Gasteiger partial charge on any atom is 0.333 e. The Morgan fingerprint density at radius 1 is 1.40 bits per heavy atom. The fourth-order valence-corrected chi connectivity index (χ4v) is 3.72. The molecular formula is C18H20ClF2N3O. The summed E-state index contributed by atoms with van der Waals surface area (Å²) in [6.45, 7) is 1.20. The average molecular weight is 368 g/mol. The van der Waals surface area contributed by atoms with Gasteiger partial charge in [-0.1, -0.05) is 23.7 Å². The molecule has 1 amide bonds. The van der Waals surface area contributed by atoms with E-state index in [0.717, 1.165) is 18.4 Å². The number of halogens is 3. The second kappa shape index (κ2) is 7.12. The second-order valence-electron chi connectivity index (χ2n) is 6.35. The van der Waals surface area contributed by atoms with Gasteiger partial charge >= 0.3 is 6.55 Å². The van der Waals surface area contributed by atoms with Gasteiger partial charge in [0.25, 0.3) is 0 Å². The van der Waals surface area contributed by atoms with Gasteiger partial charge < -0.3 is 4.90 Å². The van der Waals surface area contributed by atoms with Crippen LogP contribution < -0.4 is 0 Å². The van der Waals surface area contributed by atoms with Gasteiger partial charge in [-0.25, -0.2) is 4.68 Å². The summed E-state index contributed by atoms with van der Waals surface area (Å²) in [5.74, 6) is -0.0671. The van der Waals surface area contributed by atoms with Gasteiger partial charge in [0, 0.05) is 22.8 Å². The molecule has 134 valence electrons. The first kappa shape index (κ1) is 17.9. The number of aryl methyl sites for hydroxylation is 1. The molecule has 1 saturated heterocycles. The molecule has 1 fully saturated rings. The van der Waals surface area contributed by atoms with E-state index in [-0.39, 0.29) is 18.4 Å². The number of aromatic nitrogens is 2. The fraction of sp³-hybridized carbons (Fsp3) is 0.444. The van der Waals surface area contributed by atoms with Gasteiger partial charge in [-0.2, -0.15) is 13.9 Å². The molecule has 0 N–H and O–H groups in total. The van der Waals surface area contributed by atoms with Crippen LogP contribution >= 0.6 is 11.6 Å². The Balaban J connectivity index is 1.81. The SMILES string of the molecule is Cc1nn(C(F)F)c(C)c1CC(=O)N1CCCC1c1cccc(Cl)c1. The lowest BCUT2D eigenvalue weighted by molar-refractivity contribution is -0.131. The minimum absolute atomic E-state index is 0.0167. The van der Waals surface area contributed by atoms with Crippen molar-refractivity contribution in [2.45, 2.75) is 45.7 Å². The molecule has 1 aromatic carbocycles. The first-order valence-electron chi connectivity index (χ1n) is 8.26. The highest BCUT2D eigenvalue weighted by atomic mass is 35.5. The largest absolute Gasteiger partial charge is 0.335 e. The second-order valence-corrected chi connectivity index (χ2v) is 6.78. The van der Waals surface area contributed by atoms with Crippen molar-refractivity contribution in [1.82, 2.24) is 14.7 Å². The fourth-order valence-electron chi connectivity index (χ4n) is 3.52. The number of hydrogen-bond donors (Lipinski definition) is 0. The summed E-state index contributed by atoms with van der Waals surface area (Å²) in [4.78, 5) is 14.7. The number of nitrogens with zero attached hydrogens (tertiary/aromatic N) is 3. The third kappa shape index (κ3) is 3.54. The summed E-state index contributed by atoms with van der Waals surface area (Å²) >= 11 is 6.07. The molecule has 3 rings (SSSR count). The number of rotatable bonds is 4. The van der Waals surface area contributed by atoms with Crippen LogP contribution in [-0.4, -0.2) is 27.1 Å². The van der Waals surface area contributed by atoms with E-state index >= 15 is 0 Å². The highest BCUT2D eigenvalue weighted by Crippen LogP contribution is 2.34. The van der Waals surface area contributed by atoms with Gasteiger partial charge in [-0.15, -0.1) is 0 Å². The summed E-state index contributed by atoms with van der Waals surface area (Å²) in [5, 5.41) is 4.50. The highest BCUT2D eigenvalue weighted by Gasteiger charge is 2.31. The molecule has 0 saturated carbocycles. The van der Waals surface area contributed by atoms with Crippen molar-refractivity contribution >= 4 is 17.5 Å². The molecule has 0 radical (unpaired) electrons. The molecule has 1 atom stereocenters. The van der Waals surface area contributed by atoms with E-state index in [1.165, 1.54) is 0 Å². The smallest absolute Gasteiger partial charge is 0.333 e. The Bertz CT molecular complexity index is 791. The molecular weight excluding hydrogens is 348 g/mol. The molecule has 2 aromatic rings. The third-order valence-electron chi connectivity index (χ3n) is 4.79. The van der Waals surface area contributed by atoms with Gasteiger partial charge in [0.05, 0.1) is 18.2 Å². The van der Waals surface area contributed by atoms with Crippen molar-refractivity contribution in [3.8, 4) is 0 Å². The lowest BCUT2D eigenvalue weighted by Crippen LogP contribution is -2.32. The normalized spacial score (nSPS) is 17.5. The van der Waals surface area contributed by atoms with Gasteiger partial charge in [0.2, 0.25) is 5.91 Å². The van der Waals surface area contributed by atoms with Crippen LogP contribution in [0.3, 0.4) is 0 Å².